The molecule has 0 bridgehead atoms. The number of hydrogen-bond acceptors (Lipinski definition) is 8. The van der Waals surface area contributed by atoms with E-state index in [4.69, 9.17) is 28.2 Å². The predicted molar refractivity (Wildman–Crippen MR) is 145 cm³/mol. The number of aromatic nitrogens is 4. The summed E-state index contributed by atoms with van der Waals surface area (Å²) in [7, 11) is -2.29. The molecule has 196 valence electrons. The number of likely N-dealkylation sites (tertiary alicyclic amines) is 1. The summed E-state index contributed by atoms with van der Waals surface area (Å²) in [4.78, 5) is 14.1. The van der Waals surface area contributed by atoms with E-state index in [9.17, 15) is 13.7 Å². The Bertz CT molecular complexity index is 1410. The fourth-order valence-electron chi connectivity index (χ4n) is 5.47. The first-order valence-corrected chi connectivity index (χ1v) is 14.6. The van der Waals surface area contributed by atoms with Crippen LogP contribution in [0.4, 0.5) is 5.82 Å². The Kier molecular flexibility index (Phi) is 7.86. The van der Waals surface area contributed by atoms with E-state index in [2.05, 4.69) is 26.0 Å². The van der Waals surface area contributed by atoms with Crippen LogP contribution in [-0.4, -0.2) is 71.5 Å². The summed E-state index contributed by atoms with van der Waals surface area (Å²) in [6.45, 7) is 6.69. The number of nitriles is 1. The van der Waals surface area contributed by atoms with Crippen molar-refractivity contribution in [3.63, 3.8) is 0 Å². The van der Waals surface area contributed by atoms with Crippen molar-refractivity contribution >= 4 is 50.9 Å². The van der Waals surface area contributed by atoms with E-state index in [1.807, 2.05) is 13.0 Å². The molecule has 4 heterocycles. The fraction of sp³-hybridized carbons (Fsp3) is 0.520. The molecule has 12 heteroatoms. The normalized spacial score (nSPS) is 19.8. The number of piperidine rings is 1. The molecule has 0 saturated carbocycles. The maximum atomic E-state index is 10.9. The van der Waals surface area contributed by atoms with Crippen molar-refractivity contribution in [2.24, 2.45) is 11.8 Å². The molecule has 0 radical (unpaired) electrons. The van der Waals surface area contributed by atoms with Gasteiger partial charge in [0.1, 0.15) is 28.1 Å². The first kappa shape index (κ1) is 26.2. The monoisotopic (exact) mass is 561 g/mol. The second-order valence-corrected chi connectivity index (χ2v) is 11.9. The van der Waals surface area contributed by atoms with Gasteiger partial charge < -0.3 is 9.80 Å². The second-order valence-electron chi connectivity index (χ2n) is 9.93. The van der Waals surface area contributed by atoms with Gasteiger partial charge in [-0.05, 0) is 68.8 Å². The van der Waals surface area contributed by atoms with E-state index in [0.29, 0.717) is 39.5 Å². The van der Waals surface area contributed by atoms with Crippen LogP contribution in [0, 0.1) is 23.2 Å². The van der Waals surface area contributed by atoms with Gasteiger partial charge in [-0.25, -0.2) is 23.1 Å². The van der Waals surface area contributed by atoms with Crippen molar-refractivity contribution in [3.8, 4) is 6.07 Å². The van der Waals surface area contributed by atoms with Crippen molar-refractivity contribution in [2.75, 3.05) is 43.4 Å². The van der Waals surface area contributed by atoms with Crippen LogP contribution < -0.4 is 4.90 Å². The molecule has 2 aromatic heterocycles. The molecule has 2 aliphatic heterocycles. The molecule has 37 heavy (non-hydrogen) atoms. The highest BCUT2D eigenvalue weighted by Gasteiger charge is 2.36. The van der Waals surface area contributed by atoms with E-state index in [-0.39, 0.29) is 17.5 Å². The van der Waals surface area contributed by atoms with Gasteiger partial charge in [0.15, 0.2) is 11.3 Å². The van der Waals surface area contributed by atoms with Crippen molar-refractivity contribution in [1.29, 1.82) is 5.26 Å². The molecular formula is C25H29Cl2N7O2S. The molecule has 0 unspecified atom stereocenters. The molecule has 0 spiro atoms. The lowest BCUT2D eigenvalue weighted by molar-refractivity contribution is 0.120. The molecule has 3 aromatic rings. The summed E-state index contributed by atoms with van der Waals surface area (Å²) in [6.07, 6.45) is 4.78. The highest BCUT2D eigenvalue weighted by Crippen LogP contribution is 2.35. The van der Waals surface area contributed by atoms with Gasteiger partial charge >= 0.3 is 0 Å². The minimum Gasteiger partial charge on any atom is -0.355 e. The third-order valence-corrected chi connectivity index (χ3v) is 8.78. The quantitative estimate of drug-likeness (QED) is 0.414. The Hall–Kier alpha value is -2.45. The average Bonchev–Trinajstić information content (AvgIpc) is 3.21. The minimum atomic E-state index is -2.29. The summed E-state index contributed by atoms with van der Waals surface area (Å²) in [5.74, 6) is 2.21. The highest BCUT2D eigenvalue weighted by atomic mass is 35.5. The number of nitrogens with zero attached hydrogens (tertiary/aromatic N) is 7. The van der Waals surface area contributed by atoms with Crippen LogP contribution in [0.5, 0.6) is 0 Å². The van der Waals surface area contributed by atoms with Gasteiger partial charge in [0, 0.05) is 35.4 Å². The van der Waals surface area contributed by atoms with E-state index in [1.54, 1.807) is 23.0 Å². The third-order valence-electron chi connectivity index (χ3n) is 7.53. The fourth-order valence-corrected chi connectivity index (χ4v) is 6.44. The Labute approximate surface area is 227 Å². The number of hydrogen-bond donors (Lipinski definition) is 1. The number of thiol groups is 1. The third kappa shape index (κ3) is 5.55. The lowest BCUT2D eigenvalue weighted by Crippen LogP contribution is -2.54. The van der Waals surface area contributed by atoms with E-state index >= 15 is 0 Å². The minimum absolute atomic E-state index is 0.233. The average molecular weight is 563 g/mol. The molecule has 1 aromatic carbocycles. The molecule has 0 N–H and O–H groups in total. The lowest BCUT2D eigenvalue weighted by atomic mass is 9.80. The number of rotatable bonds is 8. The van der Waals surface area contributed by atoms with Gasteiger partial charge in [0.2, 0.25) is 0 Å². The SMILES string of the molecule is C[C@H](c1ccc(Cl)cc1Cl)n1nc(C#N)c2ncc(N3CC([C@H]4CCCN(CCC[SH](=O)=O)C4)C3)nc21. The van der Waals surface area contributed by atoms with Gasteiger partial charge in [-0.15, -0.1) is 0 Å². The van der Waals surface area contributed by atoms with Crippen LogP contribution in [-0.2, 0) is 10.7 Å². The molecule has 2 atom stereocenters. The van der Waals surface area contributed by atoms with E-state index in [1.165, 1.54) is 6.42 Å². The summed E-state index contributed by atoms with van der Waals surface area (Å²) in [5, 5.41) is 15.2. The molecule has 9 nitrogen and oxygen atoms in total. The van der Waals surface area contributed by atoms with E-state index in [0.717, 1.165) is 50.5 Å². The summed E-state index contributed by atoms with van der Waals surface area (Å²) in [6, 6.07) is 7.20. The molecule has 2 saturated heterocycles. The molecule has 2 fully saturated rings. The standard InChI is InChI=1S/C25H29Cl2N7O2S/c1-16(20-6-5-19(26)10-21(20)27)34-25-24(22(11-28)31-34)29-12-23(30-25)33-14-18(15-33)17-4-2-7-32(13-17)8-3-9-37(35)36/h5-6,10,12,16-18,37H,2-4,7-9,13-15H2,1H3/t16-,17+/m1/s1. The molecule has 0 amide bonds. The first-order chi connectivity index (χ1) is 17.8. The van der Waals surface area contributed by atoms with Gasteiger partial charge in [0.05, 0.1) is 12.2 Å². The van der Waals surface area contributed by atoms with Gasteiger partial charge in [-0.1, -0.05) is 29.3 Å². The number of halogens is 2. The van der Waals surface area contributed by atoms with Crippen LogP contribution in [0.3, 0.4) is 0 Å². The predicted octanol–water partition coefficient (Wildman–Crippen LogP) is 3.76. The smallest absolute Gasteiger partial charge is 0.190 e. The Morgan fingerprint density at radius 2 is 2.03 bits per heavy atom. The van der Waals surface area contributed by atoms with Crippen LogP contribution in [0.1, 0.15) is 43.5 Å². The number of fused-ring (bicyclic) bond motifs is 1. The zero-order chi connectivity index (χ0) is 26.1. The van der Waals surface area contributed by atoms with Crippen LogP contribution >= 0.6 is 23.2 Å². The molecule has 0 aliphatic carbocycles. The van der Waals surface area contributed by atoms with Crippen LogP contribution in [0.15, 0.2) is 24.4 Å². The van der Waals surface area contributed by atoms with Crippen molar-refractivity contribution in [1.82, 2.24) is 24.6 Å². The van der Waals surface area contributed by atoms with Crippen molar-refractivity contribution in [2.45, 2.75) is 32.2 Å². The Morgan fingerprint density at radius 1 is 1.22 bits per heavy atom. The van der Waals surface area contributed by atoms with E-state index < -0.39 is 10.7 Å². The van der Waals surface area contributed by atoms with Gasteiger partial charge in [-0.2, -0.15) is 10.4 Å². The van der Waals surface area contributed by atoms with Crippen molar-refractivity contribution in [3.05, 3.63) is 45.7 Å². The first-order valence-electron chi connectivity index (χ1n) is 12.5. The van der Waals surface area contributed by atoms with Crippen molar-refractivity contribution < 1.29 is 8.42 Å². The summed E-state index contributed by atoms with van der Waals surface area (Å²) < 4.78 is 23.4. The van der Waals surface area contributed by atoms with Gasteiger partial charge in [0.25, 0.3) is 0 Å². The Morgan fingerprint density at radius 3 is 2.76 bits per heavy atom. The van der Waals surface area contributed by atoms with Gasteiger partial charge in [-0.3, -0.25) is 0 Å². The summed E-state index contributed by atoms with van der Waals surface area (Å²) >= 11 is 12.5. The number of anilines is 1. The molecule has 2 aliphatic rings. The second kappa shape index (κ2) is 11.1. The number of benzene rings is 1. The molecule has 5 rings (SSSR count). The summed E-state index contributed by atoms with van der Waals surface area (Å²) in [5.41, 5.74) is 2.09. The maximum absolute atomic E-state index is 10.9. The zero-order valence-electron chi connectivity index (χ0n) is 20.6. The highest BCUT2D eigenvalue weighted by molar-refractivity contribution is 7.72. The zero-order valence-corrected chi connectivity index (χ0v) is 23.0. The maximum Gasteiger partial charge on any atom is 0.190 e. The largest absolute Gasteiger partial charge is 0.355 e. The van der Waals surface area contributed by atoms with Crippen LogP contribution in [0.25, 0.3) is 11.2 Å². The Balaban J connectivity index is 1.30. The lowest BCUT2D eigenvalue weighted by Gasteiger charge is -2.47. The molecular weight excluding hydrogens is 533 g/mol. The topological polar surface area (TPSA) is 108 Å². The van der Waals surface area contributed by atoms with Crippen LogP contribution in [0.2, 0.25) is 10.0 Å².